The molecular weight excluding hydrogens is 280 g/mol. The molecule has 0 fully saturated rings. The van der Waals surface area contributed by atoms with Crippen LogP contribution in [0.4, 0.5) is 0 Å². The molecule has 0 aliphatic heterocycles. The molecule has 0 saturated carbocycles. The van der Waals surface area contributed by atoms with E-state index in [1.54, 1.807) is 32.1 Å². The Labute approximate surface area is 122 Å². The number of hydrogen-bond donors (Lipinski definition) is 2. The van der Waals surface area contributed by atoms with E-state index >= 15 is 0 Å². The number of nitrogens with zero attached hydrogens (tertiary/aromatic N) is 2. The Kier molecular flexibility index (Phi) is 4.49. The molecule has 0 aliphatic carbocycles. The second kappa shape index (κ2) is 6.13. The van der Waals surface area contributed by atoms with Gasteiger partial charge in [-0.05, 0) is 12.1 Å². The fourth-order valence-electron chi connectivity index (χ4n) is 2.21. The minimum atomic E-state index is -0.402. The van der Waals surface area contributed by atoms with Gasteiger partial charge in [-0.2, -0.15) is 5.10 Å². The van der Waals surface area contributed by atoms with Crippen molar-refractivity contribution < 1.29 is 9.47 Å². The van der Waals surface area contributed by atoms with Gasteiger partial charge in [-0.25, -0.2) is 5.43 Å². The summed E-state index contributed by atoms with van der Waals surface area (Å²) in [5, 5.41) is 4.65. The van der Waals surface area contributed by atoms with Crippen LogP contribution in [-0.2, 0) is 7.05 Å². The molecule has 0 amide bonds. The Balaban J connectivity index is 2.63. The van der Waals surface area contributed by atoms with Crippen LogP contribution >= 0.6 is 11.6 Å². The van der Waals surface area contributed by atoms with Gasteiger partial charge in [-0.15, -0.1) is 0 Å². The second-order valence-corrected chi connectivity index (χ2v) is 4.58. The van der Waals surface area contributed by atoms with E-state index in [0.29, 0.717) is 16.5 Å². The molecule has 2 rings (SSSR count). The average molecular weight is 297 g/mol. The van der Waals surface area contributed by atoms with E-state index in [-0.39, 0.29) is 0 Å². The van der Waals surface area contributed by atoms with Crippen LogP contribution in [0.5, 0.6) is 11.5 Å². The van der Waals surface area contributed by atoms with Gasteiger partial charge in [0.05, 0.1) is 42.7 Å². The van der Waals surface area contributed by atoms with Crippen LogP contribution in [-0.4, -0.2) is 24.0 Å². The summed E-state index contributed by atoms with van der Waals surface area (Å²) in [6.07, 6.45) is 1.57. The number of hydrazine groups is 1. The lowest BCUT2D eigenvalue weighted by Crippen LogP contribution is -2.31. The van der Waals surface area contributed by atoms with Gasteiger partial charge >= 0.3 is 0 Å². The lowest BCUT2D eigenvalue weighted by molar-refractivity contribution is 0.375. The number of halogens is 1. The third kappa shape index (κ3) is 2.45. The molecule has 6 nitrogen and oxygen atoms in total. The van der Waals surface area contributed by atoms with Gasteiger partial charge in [0, 0.05) is 7.05 Å². The maximum absolute atomic E-state index is 6.20. The number of ether oxygens (including phenoxy) is 2. The number of rotatable bonds is 5. The monoisotopic (exact) mass is 296 g/mol. The molecule has 0 aliphatic rings. The van der Waals surface area contributed by atoms with Crippen molar-refractivity contribution >= 4 is 11.6 Å². The summed E-state index contributed by atoms with van der Waals surface area (Å²) in [6.45, 7) is 0. The molecule has 0 bridgehead atoms. The Bertz CT molecular complexity index is 558. The Hall–Kier alpha value is -1.76. The van der Waals surface area contributed by atoms with Gasteiger partial charge in [0.15, 0.2) is 0 Å². The molecule has 0 spiro atoms. The summed E-state index contributed by atoms with van der Waals surface area (Å²) >= 11 is 6.20. The number of hydrogen-bond acceptors (Lipinski definition) is 5. The Morgan fingerprint density at radius 3 is 2.30 bits per heavy atom. The molecule has 1 aromatic carbocycles. The number of aromatic nitrogens is 2. The van der Waals surface area contributed by atoms with Gasteiger partial charge < -0.3 is 9.47 Å². The first-order valence-electron chi connectivity index (χ1n) is 5.98. The van der Waals surface area contributed by atoms with Crippen LogP contribution in [0.1, 0.15) is 17.3 Å². The van der Waals surface area contributed by atoms with E-state index in [0.717, 1.165) is 11.3 Å². The zero-order chi connectivity index (χ0) is 14.7. The fourth-order valence-corrected chi connectivity index (χ4v) is 2.48. The summed E-state index contributed by atoms with van der Waals surface area (Å²) in [5.41, 5.74) is 4.25. The van der Waals surface area contributed by atoms with E-state index in [1.165, 1.54) is 0 Å². The Morgan fingerprint density at radius 2 is 1.90 bits per heavy atom. The number of methoxy groups -OCH3 is 2. The standard InChI is InChI=1S/C13H17ClN4O2/c1-18-13(8(14)7-16-18)12(17-15)11-9(19-2)5-4-6-10(11)20-3/h4-7,12,17H,15H2,1-3H3. The zero-order valence-electron chi connectivity index (χ0n) is 11.6. The quantitative estimate of drug-likeness (QED) is 0.648. The highest BCUT2D eigenvalue weighted by Crippen LogP contribution is 2.38. The minimum Gasteiger partial charge on any atom is -0.496 e. The number of benzene rings is 1. The van der Waals surface area contributed by atoms with Crippen molar-refractivity contribution in [1.82, 2.24) is 15.2 Å². The van der Waals surface area contributed by atoms with Crippen LogP contribution in [0, 0.1) is 0 Å². The number of nitrogens with one attached hydrogen (secondary N) is 1. The lowest BCUT2D eigenvalue weighted by Gasteiger charge is -2.22. The predicted octanol–water partition coefficient (Wildman–Crippen LogP) is 1.64. The van der Waals surface area contributed by atoms with E-state index in [1.807, 2.05) is 18.2 Å². The molecular formula is C13H17ClN4O2. The zero-order valence-corrected chi connectivity index (χ0v) is 12.3. The SMILES string of the molecule is COc1cccc(OC)c1C(NN)c1c(Cl)cnn1C. The summed E-state index contributed by atoms with van der Waals surface area (Å²) in [7, 11) is 4.99. The van der Waals surface area contributed by atoms with Gasteiger partial charge in [0.25, 0.3) is 0 Å². The number of nitrogens with two attached hydrogens (primary N) is 1. The molecule has 0 radical (unpaired) electrons. The summed E-state index contributed by atoms with van der Waals surface area (Å²) in [4.78, 5) is 0. The van der Waals surface area contributed by atoms with Crippen molar-refractivity contribution in [2.45, 2.75) is 6.04 Å². The fraction of sp³-hybridized carbons (Fsp3) is 0.308. The third-order valence-corrected chi connectivity index (χ3v) is 3.42. The van der Waals surface area contributed by atoms with Crippen molar-refractivity contribution in [3.8, 4) is 11.5 Å². The molecule has 7 heteroatoms. The molecule has 1 heterocycles. The summed E-state index contributed by atoms with van der Waals surface area (Å²) in [5.74, 6) is 7.03. The molecule has 1 unspecified atom stereocenters. The largest absolute Gasteiger partial charge is 0.496 e. The maximum Gasteiger partial charge on any atom is 0.127 e. The summed E-state index contributed by atoms with van der Waals surface area (Å²) in [6, 6.07) is 5.12. The first-order chi connectivity index (χ1) is 9.63. The molecule has 2 aromatic rings. The Morgan fingerprint density at radius 1 is 1.30 bits per heavy atom. The van der Waals surface area contributed by atoms with E-state index in [4.69, 9.17) is 26.9 Å². The topological polar surface area (TPSA) is 74.3 Å². The van der Waals surface area contributed by atoms with Crippen LogP contribution < -0.4 is 20.7 Å². The molecule has 1 aromatic heterocycles. The van der Waals surface area contributed by atoms with Crippen molar-refractivity contribution in [2.24, 2.45) is 12.9 Å². The van der Waals surface area contributed by atoms with Crippen LogP contribution in [0.2, 0.25) is 5.02 Å². The van der Waals surface area contributed by atoms with E-state index in [2.05, 4.69) is 10.5 Å². The van der Waals surface area contributed by atoms with Crippen molar-refractivity contribution in [2.75, 3.05) is 14.2 Å². The van der Waals surface area contributed by atoms with Gasteiger partial charge in [-0.1, -0.05) is 17.7 Å². The lowest BCUT2D eigenvalue weighted by atomic mass is 10.0. The first kappa shape index (κ1) is 14.6. The van der Waals surface area contributed by atoms with Crippen molar-refractivity contribution in [3.05, 3.63) is 40.7 Å². The molecule has 108 valence electrons. The predicted molar refractivity (Wildman–Crippen MR) is 76.9 cm³/mol. The highest BCUT2D eigenvalue weighted by molar-refractivity contribution is 6.31. The first-order valence-corrected chi connectivity index (χ1v) is 6.36. The van der Waals surface area contributed by atoms with Gasteiger partial charge in [0.1, 0.15) is 11.5 Å². The normalized spacial score (nSPS) is 12.2. The molecule has 20 heavy (non-hydrogen) atoms. The molecule has 3 N–H and O–H groups in total. The average Bonchev–Trinajstić information content (AvgIpc) is 2.80. The summed E-state index contributed by atoms with van der Waals surface area (Å²) < 4.78 is 12.5. The smallest absolute Gasteiger partial charge is 0.127 e. The highest BCUT2D eigenvalue weighted by atomic mass is 35.5. The van der Waals surface area contributed by atoms with Crippen molar-refractivity contribution in [1.29, 1.82) is 0 Å². The third-order valence-electron chi connectivity index (χ3n) is 3.13. The number of aryl methyl sites for hydroxylation is 1. The second-order valence-electron chi connectivity index (χ2n) is 4.18. The van der Waals surface area contributed by atoms with Crippen LogP contribution in [0.15, 0.2) is 24.4 Å². The maximum atomic E-state index is 6.20. The molecule has 1 atom stereocenters. The van der Waals surface area contributed by atoms with Gasteiger partial charge in [-0.3, -0.25) is 10.5 Å². The van der Waals surface area contributed by atoms with Crippen LogP contribution in [0.3, 0.4) is 0 Å². The van der Waals surface area contributed by atoms with Gasteiger partial charge in [0.2, 0.25) is 0 Å². The highest BCUT2D eigenvalue weighted by Gasteiger charge is 2.26. The van der Waals surface area contributed by atoms with E-state index < -0.39 is 6.04 Å². The minimum absolute atomic E-state index is 0.402. The van der Waals surface area contributed by atoms with Crippen molar-refractivity contribution in [3.63, 3.8) is 0 Å². The molecule has 0 saturated heterocycles. The van der Waals surface area contributed by atoms with Crippen LogP contribution in [0.25, 0.3) is 0 Å². The van der Waals surface area contributed by atoms with E-state index in [9.17, 15) is 0 Å².